The molecule has 3 aromatic rings. The van der Waals surface area contributed by atoms with Gasteiger partial charge in [-0.05, 0) is 36.8 Å². The second-order valence-corrected chi connectivity index (χ2v) is 7.13. The molecule has 7 nitrogen and oxygen atoms in total. The third kappa shape index (κ3) is 5.14. The van der Waals surface area contributed by atoms with Crippen molar-refractivity contribution in [1.82, 2.24) is 20.3 Å². The van der Waals surface area contributed by atoms with Crippen molar-refractivity contribution in [2.24, 2.45) is 0 Å². The molecule has 0 aliphatic heterocycles. The van der Waals surface area contributed by atoms with Gasteiger partial charge in [-0.15, -0.1) is 11.3 Å². The van der Waals surface area contributed by atoms with E-state index in [0.717, 1.165) is 11.4 Å². The number of aromatic nitrogens is 3. The number of rotatable bonds is 7. The van der Waals surface area contributed by atoms with Gasteiger partial charge in [0.25, 0.3) is 5.91 Å². The van der Waals surface area contributed by atoms with Gasteiger partial charge >= 0.3 is 0 Å². The second-order valence-electron chi connectivity index (χ2n) is 5.42. The number of halogens is 1. The van der Waals surface area contributed by atoms with Crippen LogP contribution in [-0.4, -0.2) is 33.9 Å². The number of hydrogen-bond acceptors (Lipinski definition) is 7. The molecule has 26 heavy (non-hydrogen) atoms. The fraction of sp³-hybridized carbons (Fsp3) is 0.176. The van der Waals surface area contributed by atoms with Crippen molar-refractivity contribution in [3.63, 3.8) is 0 Å². The molecule has 0 spiro atoms. The van der Waals surface area contributed by atoms with Gasteiger partial charge in [0.05, 0.1) is 9.21 Å². The van der Waals surface area contributed by atoms with Crippen LogP contribution in [0.3, 0.4) is 0 Å². The highest BCUT2D eigenvalue weighted by molar-refractivity contribution is 7.17. The summed E-state index contributed by atoms with van der Waals surface area (Å²) in [4.78, 5) is 25.1. The maximum Gasteiger partial charge on any atom is 0.261 e. The quantitative estimate of drug-likeness (QED) is 0.537. The Morgan fingerprint density at radius 2 is 1.88 bits per heavy atom. The minimum atomic E-state index is -0.140. The van der Waals surface area contributed by atoms with Crippen molar-refractivity contribution in [2.75, 3.05) is 23.7 Å². The van der Waals surface area contributed by atoms with Crippen LogP contribution in [0.15, 0.2) is 42.9 Å². The van der Waals surface area contributed by atoms with E-state index in [-0.39, 0.29) is 5.91 Å². The number of anilines is 3. The highest BCUT2D eigenvalue weighted by Gasteiger charge is 2.07. The van der Waals surface area contributed by atoms with Crippen molar-refractivity contribution < 1.29 is 4.79 Å². The van der Waals surface area contributed by atoms with Crippen molar-refractivity contribution in [1.29, 1.82) is 0 Å². The smallest absolute Gasteiger partial charge is 0.261 e. The number of nitrogens with zero attached hydrogens (tertiary/aromatic N) is 3. The van der Waals surface area contributed by atoms with Gasteiger partial charge in [0.2, 0.25) is 0 Å². The van der Waals surface area contributed by atoms with E-state index in [1.54, 1.807) is 24.4 Å². The summed E-state index contributed by atoms with van der Waals surface area (Å²) in [5, 5.41) is 9.10. The Bertz CT molecular complexity index is 900. The molecule has 134 valence electrons. The van der Waals surface area contributed by atoms with E-state index in [2.05, 4.69) is 30.9 Å². The molecular formula is C17H17ClN6OS. The van der Waals surface area contributed by atoms with Gasteiger partial charge in [-0.3, -0.25) is 4.79 Å². The first-order valence-corrected chi connectivity index (χ1v) is 9.09. The molecule has 0 unspecified atom stereocenters. The molecule has 3 aromatic heterocycles. The number of aryl methyl sites for hydroxylation is 1. The molecule has 0 aliphatic rings. The monoisotopic (exact) mass is 388 g/mol. The second kappa shape index (κ2) is 8.59. The van der Waals surface area contributed by atoms with Gasteiger partial charge in [-0.1, -0.05) is 11.6 Å². The molecule has 3 heterocycles. The van der Waals surface area contributed by atoms with Crippen LogP contribution in [0.5, 0.6) is 0 Å². The Hall–Kier alpha value is -2.71. The number of carbonyl (C=O) groups is 1. The first-order chi connectivity index (χ1) is 12.6. The van der Waals surface area contributed by atoms with E-state index in [0.29, 0.717) is 33.9 Å². The number of nitrogens with one attached hydrogen (secondary N) is 3. The maximum absolute atomic E-state index is 11.9. The average molecular weight is 389 g/mol. The van der Waals surface area contributed by atoms with Crippen LogP contribution in [0, 0.1) is 6.92 Å². The van der Waals surface area contributed by atoms with Crippen LogP contribution in [0.25, 0.3) is 0 Å². The Labute approximate surface area is 159 Å². The number of thiophene rings is 1. The third-order valence-electron chi connectivity index (χ3n) is 3.35. The van der Waals surface area contributed by atoms with Gasteiger partial charge in [-0.2, -0.15) is 0 Å². The summed E-state index contributed by atoms with van der Waals surface area (Å²) in [6.45, 7) is 2.99. The summed E-state index contributed by atoms with van der Waals surface area (Å²) in [6.07, 6.45) is 3.20. The van der Waals surface area contributed by atoms with Crippen LogP contribution in [0.4, 0.5) is 17.5 Å². The molecule has 0 atom stereocenters. The highest BCUT2D eigenvalue weighted by Crippen LogP contribution is 2.21. The summed E-state index contributed by atoms with van der Waals surface area (Å²) in [7, 11) is 0. The summed E-state index contributed by atoms with van der Waals surface area (Å²) in [5.74, 6) is 1.87. The van der Waals surface area contributed by atoms with Gasteiger partial charge in [-0.25, -0.2) is 15.0 Å². The molecule has 0 aliphatic carbocycles. The minimum Gasteiger partial charge on any atom is -0.368 e. The van der Waals surface area contributed by atoms with E-state index in [9.17, 15) is 4.79 Å². The molecule has 0 saturated carbocycles. The summed E-state index contributed by atoms with van der Waals surface area (Å²) >= 11 is 7.08. The van der Waals surface area contributed by atoms with Crippen molar-refractivity contribution in [3.8, 4) is 0 Å². The topological polar surface area (TPSA) is 91.8 Å². The number of pyridine rings is 1. The molecular weight excluding hydrogens is 372 g/mol. The van der Waals surface area contributed by atoms with Gasteiger partial charge < -0.3 is 16.0 Å². The van der Waals surface area contributed by atoms with Gasteiger partial charge in [0.15, 0.2) is 0 Å². The molecule has 3 N–H and O–H groups in total. The fourth-order valence-corrected chi connectivity index (χ4v) is 3.11. The number of amides is 1. The lowest BCUT2D eigenvalue weighted by molar-refractivity contribution is 0.0959. The standard InChI is InChI=1S/C17H17ClN6OS/c1-11-4-5-19-15(8-11)24-16-9-14(22-10-23-16)20-6-7-21-17(25)12-2-3-13(18)26-12/h2-5,8-10H,6-7H2,1H3,(H,21,25)(H2,19,20,22,23,24). The molecule has 1 amide bonds. The summed E-state index contributed by atoms with van der Waals surface area (Å²) in [5.41, 5.74) is 1.11. The first kappa shape index (κ1) is 18.1. The van der Waals surface area contributed by atoms with Crippen molar-refractivity contribution >= 4 is 46.3 Å². The van der Waals surface area contributed by atoms with E-state index in [1.807, 2.05) is 19.1 Å². The largest absolute Gasteiger partial charge is 0.368 e. The Balaban J connectivity index is 1.48. The Morgan fingerprint density at radius 1 is 1.08 bits per heavy atom. The summed E-state index contributed by atoms with van der Waals surface area (Å²) < 4.78 is 0.595. The molecule has 0 saturated heterocycles. The van der Waals surface area contributed by atoms with Crippen LogP contribution in [0.2, 0.25) is 4.34 Å². The number of hydrogen-bond donors (Lipinski definition) is 3. The molecule has 0 aromatic carbocycles. The normalized spacial score (nSPS) is 10.4. The zero-order chi connectivity index (χ0) is 18.4. The van der Waals surface area contributed by atoms with E-state index in [4.69, 9.17) is 11.6 Å². The van der Waals surface area contributed by atoms with Crippen molar-refractivity contribution in [2.45, 2.75) is 6.92 Å². The van der Waals surface area contributed by atoms with E-state index >= 15 is 0 Å². The van der Waals surface area contributed by atoms with E-state index in [1.165, 1.54) is 17.7 Å². The lowest BCUT2D eigenvalue weighted by Gasteiger charge is -2.09. The zero-order valence-electron chi connectivity index (χ0n) is 14.0. The number of carbonyl (C=O) groups excluding carboxylic acids is 1. The molecule has 0 radical (unpaired) electrons. The van der Waals surface area contributed by atoms with Crippen LogP contribution < -0.4 is 16.0 Å². The first-order valence-electron chi connectivity index (χ1n) is 7.89. The maximum atomic E-state index is 11.9. The van der Waals surface area contributed by atoms with Crippen LogP contribution >= 0.6 is 22.9 Å². The highest BCUT2D eigenvalue weighted by atomic mass is 35.5. The van der Waals surface area contributed by atoms with Crippen LogP contribution in [0.1, 0.15) is 15.2 Å². The summed E-state index contributed by atoms with van der Waals surface area (Å²) in [6, 6.07) is 9.05. The molecule has 9 heteroatoms. The molecule has 0 bridgehead atoms. The fourth-order valence-electron chi connectivity index (χ4n) is 2.15. The SMILES string of the molecule is Cc1ccnc(Nc2cc(NCCNC(=O)c3ccc(Cl)s3)ncn2)c1. The van der Waals surface area contributed by atoms with Crippen LogP contribution in [-0.2, 0) is 0 Å². The predicted molar refractivity (Wildman–Crippen MR) is 104 cm³/mol. The Kier molecular flexibility index (Phi) is 5.98. The predicted octanol–water partition coefficient (Wildman–Crippen LogP) is 3.48. The van der Waals surface area contributed by atoms with E-state index < -0.39 is 0 Å². The lowest BCUT2D eigenvalue weighted by atomic mass is 10.3. The van der Waals surface area contributed by atoms with Gasteiger partial charge in [0, 0.05) is 25.4 Å². The Morgan fingerprint density at radius 3 is 2.65 bits per heavy atom. The van der Waals surface area contributed by atoms with Crippen molar-refractivity contribution in [3.05, 3.63) is 57.6 Å². The minimum absolute atomic E-state index is 0.140. The molecule has 3 rings (SSSR count). The lowest BCUT2D eigenvalue weighted by Crippen LogP contribution is -2.28. The molecule has 0 fully saturated rings. The third-order valence-corrected chi connectivity index (χ3v) is 4.58. The zero-order valence-corrected chi connectivity index (χ0v) is 15.6. The van der Waals surface area contributed by atoms with Gasteiger partial charge in [0.1, 0.15) is 23.8 Å². The average Bonchev–Trinajstić information content (AvgIpc) is 3.05.